The Labute approximate surface area is 194 Å². The maximum absolute atomic E-state index is 12.4. The minimum atomic E-state index is -1.34. The number of halogens is 4. The van der Waals surface area contributed by atoms with Gasteiger partial charge in [-0.2, -0.15) is 0 Å². The van der Waals surface area contributed by atoms with E-state index in [1.807, 2.05) is 6.07 Å². The Morgan fingerprint density at radius 1 is 0.867 bits per heavy atom. The predicted octanol–water partition coefficient (Wildman–Crippen LogP) is 3.20. The summed E-state index contributed by atoms with van der Waals surface area (Å²) in [6.07, 6.45) is -4.47. The van der Waals surface area contributed by atoms with Crippen LogP contribution in [-0.2, 0) is 22.6 Å². The van der Waals surface area contributed by atoms with Crippen LogP contribution in [-0.4, -0.2) is 47.1 Å². The molecule has 0 bridgehead atoms. The number of hydrogen-bond acceptors (Lipinski definition) is 5. The highest BCUT2D eigenvalue weighted by atomic mass is 35.5. The number of carbonyl (C=O) groups excluding carboxylic acids is 1. The largest absolute Gasteiger partial charge is 0.388 e. The Morgan fingerprint density at radius 3 is 2.00 bits per heavy atom. The summed E-state index contributed by atoms with van der Waals surface area (Å²) in [5.74, 6) is -0.528. The highest BCUT2D eigenvalue weighted by molar-refractivity contribution is 6.42. The molecule has 1 aliphatic heterocycles. The van der Waals surface area contributed by atoms with Gasteiger partial charge in [-0.15, -0.1) is 0 Å². The Morgan fingerprint density at radius 2 is 1.43 bits per heavy atom. The van der Waals surface area contributed by atoms with Crippen molar-refractivity contribution in [2.45, 2.75) is 37.5 Å². The Balaban J connectivity index is 1.50. The lowest BCUT2D eigenvalue weighted by Gasteiger charge is -2.15. The highest BCUT2D eigenvalue weighted by Crippen LogP contribution is 2.25. The van der Waals surface area contributed by atoms with Gasteiger partial charge in [-0.3, -0.25) is 4.79 Å². The average molecular weight is 494 g/mol. The Kier molecular flexibility index (Phi) is 8.24. The molecule has 1 saturated heterocycles. The molecular weight excluding hydrogens is 474 g/mol. The molecule has 1 amide bonds. The number of aliphatic hydroxyl groups excluding tert-OH is 2. The lowest BCUT2D eigenvalue weighted by atomic mass is 10.1. The van der Waals surface area contributed by atoms with Crippen LogP contribution < -0.4 is 10.6 Å². The van der Waals surface area contributed by atoms with Crippen molar-refractivity contribution in [3.63, 3.8) is 0 Å². The lowest BCUT2D eigenvalue weighted by molar-refractivity contribution is -0.135. The van der Waals surface area contributed by atoms with Gasteiger partial charge in [0.15, 0.2) is 6.10 Å². The van der Waals surface area contributed by atoms with E-state index in [0.29, 0.717) is 26.6 Å². The number of benzene rings is 2. The molecule has 3 rings (SSSR count). The van der Waals surface area contributed by atoms with Crippen LogP contribution in [0, 0.1) is 0 Å². The minimum Gasteiger partial charge on any atom is -0.388 e. The molecule has 10 heteroatoms. The highest BCUT2D eigenvalue weighted by Gasteiger charge is 2.45. The topological polar surface area (TPSA) is 90.8 Å². The van der Waals surface area contributed by atoms with E-state index < -0.39 is 30.3 Å². The zero-order chi connectivity index (χ0) is 21.8. The van der Waals surface area contributed by atoms with Gasteiger partial charge in [0.1, 0.15) is 12.2 Å². The van der Waals surface area contributed by atoms with Gasteiger partial charge < -0.3 is 25.6 Å². The molecule has 30 heavy (non-hydrogen) atoms. The lowest BCUT2D eigenvalue weighted by Crippen LogP contribution is -2.42. The zero-order valence-electron chi connectivity index (χ0n) is 15.6. The van der Waals surface area contributed by atoms with E-state index in [1.165, 1.54) is 0 Å². The molecule has 6 nitrogen and oxygen atoms in total. The third kappa shape index (κ3) is 5.78. The number of carbonyl (C=O) groups is 1. The van der Waals surface area contributed by atoms with Crippen molar-refractivity contribution in [3.05, 3.63) is 67.6 Å². The van der Waals surface area contributed by atoms with E-state index in [0.717, 1.165) is 11.1 Å². The molecule has 0 aliphatic carbocycles. The van der Waals surface area contributed by atoms with Crippen LogP contribution in [0.5, 0.6) is 0 Å². The van der Waals surface area contributed by atoms with Crippen LogP contribution in [0.4, 0.5) is 0 Å². The molecule has 0 unspecified atom stereocenters. The van der Waals surface area contributed by atoms with E-state index in [4.69, 9.17) is 51.1 Å². The van der Waals surface area contributed by atoms with E-state index in [9.17, 15) is 15.0 Å². The summed E-state index contributed by atoms with van der Waals surface area (Å²) >= 11 is 23.7. The van der Waals surface area contributed by atoms with Gasteiger partial charge >= 0.3 is 0 Å². The number of hydrogen-bond donors (Lipinski definition) is 4. The predicted molar refractivity (Wildman–Crippen MR) is 117 cm³/mol. The number of aliphatic hydroxyl groups is 2. The van der Waals surface area contributed by atoms with Gasteiger partial charge in [0, 0.05) is 19.6 Å². The molecule has 0 radical (unpaired) electrons. The third-order valence-corrected chi connectivity index (χ3v) is 6.21. The van der Waals surface area contributed by atoms with Crippen molar-refractivity contribution in [3.8, 4) is 0 Å². The summed E-state index contributed by atoms with van der Waals surface area (Å²) in [7, 11) is 0. The summed E-state index contributed by atoms with van der Waals surface area (Å²) in [5.41, 5.74) is 1.64. The van der Waals surface area contributed by atoms with Crippen molar-refractivity contribution in [1.82, 2.24) is 10.6 Å². The fraction of sp³-hybridized carbons (Fsp3) is 0.350. The molecule has 1 fully saturated rings. The molecule has 0 saturated carbocycles. The molecule has 162 valence electrons. The second kappa shape index (κ2) is 10.5. The first-order valence-electron chi connectivity index (χ1n) is 9.14. The van der Waals surface area contributed by atoms with Crippen LogP contribution >= 0.6 is 46.4 Å². The minimum absolute atomic E-state index is 0.179. The smallest absolute Gasteiger partial charge is 0.252 e. The van der Waals surface area contributed by atoms with Crippen molar-refractivity contribution in [2.24, 2.45) is 0 Å². The summed E-state index contributed by atoms with van der Waals surface area (Å²) in [4.78, 5) is 12.4. The Bertz CT molecular complexity index is 914. The standard InChI is InChI=1S/C20H20Cl4N2O4/c21-12-3-1-10(5-14(12)23)7-25-9-16-17(27)18(28)19(30-16)20(29)26-8-11-2-4-13(22)15(24)6-11/h1-6,16-19,25,27-28H,7-9H2,(H,26,29)/t16-,17-,18+,19+/m1/s1. The number of ether oxygens (including phenoxy) is 1. The van der Waals surface area contributed by atoms with E-state index in [2.05, 4.69) is 10.6 Å². The second-order valence-electron chi connectivity index (χ2n) is 6.92. The first-order chi connectivity index (χ1) is 14.3. The summed E-state index contributed by atoms with van der Waals surface area (Å²) in [6.45, 7) is 0.863. The molecule has 4 atom stereocenters. The Hall–Kier alpha value is -1.09. The monoisotopic (exact) mass is 492 g/mol. The molecule has 1 heterocycles. The molecule has 0 spiro atoms. The SMILES string of the molecule is O=C(NCc1ccc(Cl)c(Cl)c1)[C@H]1O[C@H](CNCc2ccc(Cl)c(Cl)c2)[C@@H](O)[C@@H]1O. The quantitative estimate of drug-likeness (QED) is 0.475. The van der Waals surface area contributed by atoms with Gasteiger partial charge in [-0.25, -0.2) is 0 Å². The first kappa shape index (κ1) is 23.6. The normalized spacial score (nSPS) is 23.5. The fourth-order valence-corrected chi connectivity index (χ4v) is 3.72. The van der Waals surface area contributed by atoms with Crippen LogP contribution in [0.3, 0.4) is 0 Å². The number of nitrogens with one attached hydrogen (secondary N) is 2. The van der Waals surface area contributed by atoms with Gasteiger partial charge in [0.2, 0.25) is 0 Å². The molecule has 4 N–H and O–H groups in total. The van der Waals surface area contributed by atoms with Gasteiger partial charge in [-0.1, -0.05) is 58.5 Å². The van der Waals surface area contributed by atoms with Gasteiger partial charge in [0.25, 0.3) is 5.91 Å². The van der Waals surface area contributed by atoms with Crippen LogP contribution in [0.1, 0.15) is 11.1 Å². The van der Waals surface area contributed by atoms with Crippen LogP contribution in [0.25, 0.3) is 0 Å². The zero-order valence-corrected chi connectivity index (χ0v) is 18.6. The summed E-state index contributed by atoms with van der Waals surface area (Å²) < 4.78 is 5.59. The van der Waals surface area contributed by atoms with Crippen molar-refractivity contribution in [2.75, 3.05) is 6.54 Å². The summed E-state index contributed by atoms with van der Waals surface area (Å²) in [6, 6.07) is 10.2. The first-order valence-corrected chi connectivity index (χ1v) is 10.7. The van der Waals surface area contributed by atoms with E-state index in [1.54, 1.807) is 30.3 Å². The average Bonchev–Trinajstić information content (AvgIpc) is 3.00. The van der Waals surface area contributed by atoms with Crippen LogP contribution in [0.2, 0.25) is 20.1 Å². The van der Waals surface area contributed by atoms with Crippen molar-refractivity contribution >= 4 is 52.3 Å². The number of rotatable bonds is 7. The molecular formula is C20H20Cl4N2O4. The van der Waals surface area contributed by atoms with Gasteiger partial charge in [-0.05, 0) is 35.4 Å². The fourth-order valence-electron chi connectivity index (χ4n) is 3.08. The van der Waals surface area contributed by atoms with Crippen molar-refractivity contribution < 1.29 is 19.7 Å². The third-order valence-electron chi connectivity index (χ3n) is 4.73. The molecule has 1 aliphatic rings. The molecule has 0 aromatic heterocycles. The molecule has 2 aromatic carbocycles. The van der Waals surface area contributed by atoms with E-state index in [-0.39, 0.29) is 13.1 Å². The number of amides is 1. The van der Waals surface area contributed by atoms with E-state index >= 15 is 0 Å². The maximum atomic E-state index is 12.4. The molecule has 2 aromatic rings. The van der Waals surface area contributed by atoms with Gasteiger partial charge in [0.05, 0.1) is 26.2 Å². The second-order valence-corrected chi connectivity index (χ2v) is 8.55. The van der Waals surface area contributed by atoms with Crippen LogP contribution in [0.15, 0.2) is 36.4 Å². The summed E-state index contributed by atoms with van der Waals surface area (Å²) in [5, 5.41) is 28.0. The van der Waals surface area contributed by atoms with Crippen molar-refractivity contribution in [1.29, 1.82) is 0 Å². The maximum Gasteiger partial charge on any atom is 0.252 e.